The van der Waals surface area contributed by atoms with Crippen LogP contribution in [0.25, 0.3) is 0 Å². The lowest BCUT2D eigenvalue weighted by Crippen LogP contribution is -2.48. The minimum Gasteiger partial charge on any atom is -0.711 e. The monoisotopic (exact) mass is 486 g/mol. The Hall–Kier alpha value is -3.53. The number of hydrogen-bond donors (Lipinski definition) is 1. The zero-order valence-electron chi connectivity index (χ0n) is 19.8. The topological polar surface area (TPSA) is 106 Å². The van der Waals surface area contributed by atoms with E-state index in [-0.39, 0.29) is 29.6 Å². The summed E-state index contributed by atoms with van der Waals surface area (Å²) in [7, 11) is 0. The predicted octanol–water partition coefficient (Wildman–Crippen LogP) is 2.79. The van der Waals surface area contributed by atoms with Gasteiger partial charge in [0, 0.05) is 12.6 Å². The number of hydrogen-bond acceptors (Lipinski definition) is 5. The lowest BCUT2D eigenvalue weighted by Gasteiger charge is -2.29. The van der Waals surface area contributed by atoms with Crippen LogP contribution in [0.2, 0.25) is 0 Å². The molecule has 1 saturated heterocycles. The Morgan fingerprint density at radius 1 is 1.31 bits per heavy atom. The molecule has 3 rings (SSSR count). The minimum absolute atomic E-state index is 0.0680. The van der Waals surface area contributed by atoms with Gasteiger partial charge in [0.05, 0.1) is 12.5 Å². The Labute approximate surface area is 204 Å². The highest BCUT2D eigenvalue weighted by Crippen LogP contribution is 2.24. The molecule has 0 aliphatic carbocycles. The molecular formula is C25H31FN4O5. The van der Waals surface area contributed by atoms with Crippen LogP contribution < -0.4 is 10.0 Å². The highest BCUT2D eigenvalue weighted by atomic mass is 19.1. The second-order valence-corrected chi connectivity index (χ2v) is 8.54. The van der Waals surface area contributed by atoms with Crippen LogP contribution in [0.1, 0.15) is 44.6 Å². The first-order chi connectivity index (χ1) is 16.9. The summed E-state index contributed by atoms with van der Waals surface area (Å²) in [5.74, 6) is -2.11. The number of rotatable bonds is 12. The number of carbonyl (C=O) groups excluding carboxylic acids is 3. The summed E-state index contributed by atoms with van der Waals surface area (Å²) in [5, 5.41) is 15.5. The van der Waals surface area contributed by atoms with Gasteiger partial charge in [0.25, 0.3) is 5.82 Å². The Bertz CT molecular complexity index is 1010. The van der Waals surface area contributed by atoms with E-state index in [1.54, 1.807) is 0 Å². The molecule has 0 saturated carbocycles. The molecular weight excluding hydrogens is 455 g/mol. The summed E-state index contributed by atoms with van der Waals surface area (Å²) in [5.41, 5.74) is 0.892. The Morgan fingerprint density at radius 2 is 2.09 bits per heavy atom. The molecule has 3 amide bonds. The van der Waals surface area contributed by atoms with Gasteiger partial charge in [-0.15, -0.1) is 0 Å². The van der Waals surface area contributed by atoms with Gasteiger partial charge in [-0.2, -0.15) is 0 Å². The number of benzene rings is 1. The summed E-state index contributed by atoms with van der Waals surface area (Å²) in [6.45, 7) is 2.67. The largest absolute Gasteiger partial charge is 0.711 e. The molecule has 0 unspecified atom stereocenters. The van der Waals surface area contributed by atoms with Crippen molar-refractivity contribution in [2.24, 2.45) is 5.92 Å². The lowest BCUT2D eigenvalue weighted by atomic mass is 9.99. The number of carbonyl (C=O) groups is 3. The molecule has 0 bridgehead atoms. The van der Waals surface area contributed by atoms with Crippen LogP contribution in [0.15, 0.2) is 48.7 Å². The Morgan fingerprint density at radius 3 is 2.77 bits per heavy atom. The van der Waals surface area contributed by atoms with Gasteiger partial charge >= 0.3 is 5.91 Å². The van der Waals surface area contributed by atoms with Crippen LogP contribution in [0.4, 0.5) is 10.2 Å². The average molecular weight is 487 g/mol. The molecule has 1 N–H and O–H groups in total. The van der Waals surface area contributed by atoms with Crippen LogP contribution in [0, 0.1) is 16.9 Å². The van der Waals surface area contributed by atoms with E-state index in [4.69, 9.17) is 4.84 Å². The maximum absolute atomic E-state index is 13.5. The zero-order valence-corrected chi connectivity index (χ0v) is 19.8. The molecule has 35 heavy (non-hydrogen) atoms. The fourth-order valence-corrected chi connectivity index (χ4v) is 4.12. The highest BCUT2D eigenvalue weighted by molar-refractivity contribution is 5.96. The van der Waals surface area contributed by atoms with Crippen molar-refractivity contribution in [2.45, 2.75) is 51.7 Å². The van der Waals surface area contributed by atoms with Gasteiger partial charge in [0.2, 0.25) is 12.3 Å². The van der Waals surface area contributed by atoms with Gasteiger partial charge in [-0.05, 0) is 30.9 Å². The number of amides is 3. The van der Waals surface area contributed by atoms with Crippen molar-refractivity contribution in [2.75, 3.05) is 18.4 Å². The van der Waals surface area contributed by atoms with Gasteiger partial charge in [-0.3, -0.25) is 14.4 Å². The maximum Gasteiger partial charge on any atom is 0.330 e. The van der Waals surface area contributed by atoms with E-state index in [0.29, 0.717) is 32.2 Å². The van der Waals surface area contributed by atoms with Crippen molar-refractivity contribution in [1.29, 1.82) is 0 Å². The summed E-state index contributed by atoms with van der Waals surface area (Å²) in [6, 6.07) is 10.9. The summed E-state index contributed by atoms with van der Waals surface area (Å²) < 4.78 is 13.4. The highest BCUT2D eigenvalue weighted by Gasteiger charge is 2.39. The quantitative estimate of drug-likeness (QED) is 0.215. The van der Waals surface area contributed by atoms with Crippen LogP contribution in [0.5, 0.6) is 0 Å². The average Bonchev–Trinajstić information content (AvgIpc) is 3.36. The molecule has 10 heteroatoms. The third-order valence-corrected chi connectivity index (χ3v) is 5.98. The summed E-state index contributed by atoms with van der Waals surface area (Å²) in [6.07, 6.45) is 4.54. The first kappa shape index (κ1) is 26.1. The van der Waals surface area contributed by atoms with Crippen LogP contribution in [0.3, 0.4) is 0 Å². The SMILES string of the molecule is CCCC[C@H](CN(C=O)OCc1ccccc1)C(=O)N1CCC[C@H]1C(=O)Nc1ccc(F)c[n+]1[O-]. The van der Waals surface area contributed by atoms with Crippen molar-refractivity contribution in [3.63, 3.8) is 0 Å². The molecule has 1 aliphatic rings. The maximum atomic E-state index is 13.5. The predicted molar refractivity (Wildman–Crippen MR) is 126 cm³/mol. The Kier molecular flexibility index (Phi) is 9.54. The van der Waals surface area contributed by atoms with Gasteiger partial charge in [-0.25, -0.2) is 24.3 Å². The molecule has 1 aromatic carbocycles. The van der Waals surface area contributed by atoms with Crippen LogP contribution in [-0.2, 0) is 25.8 Å². The number of likely N-dealkylation sites (tertiary alicyclic amines) is 1. The zero-order chi connectivity index (χ0) is 25.2. The lowest BCUT2D eigenvalue weighted by molar-refractivity contribution is -0.591. The second kappa shape index (κ2) is 12.8. The fourth-order valence-electron chi connectivity index (χ4n) is 4.12. The summed E-state index contributed by atoms with van der Waals surface area (Å²) in [4.78, 5) is 45.2. The standard InChI is InChI=1S/C25H31FN4O5/c1-2-3-10-20(15-28(18-31)35-17-19-8-5-4-6-9-19)25(33)29-14-7-11-22(29)24(32)27-23-13-12-21(26)16-30(23)34/h4-6,8-9,12-13,16,18,20,22H,2-3,7,10-11,14-15,17H2,1H3,(H,27,32)/t20-,22+/m1/s1. The first-order valence-corrected chi connectivity index (χ1v) is 11.8. The number of nitrogens with zero attached hydrogens (tertiary/aromatic N) is 3. The second-order valence-electron chi connectivity index (χ2n) is 8.54. The number of nitrogens with one attached hydrogen (secondary N) is 1. The molecule has 1 aliphatic heterocycles. The number of aromatic nitrogens is 1. The van der Waals surface area contributed by atoms with E-state index in [0.717, 1.165) is 35.7 Å². The van der Waals surface area contributed by atoms with E-state index in [1.807, 2.05) is 37.3 Å². The molecule has 0 radical (unpaired) electrons. The first-order valence-electron chi connectivity index (χ1n) is 11.8. The molecule has 2 aromatic rings. The Balaban J connectivity index is 1.67. The number of halogens is 1. The van der Waals surface area contributed by atoms with Crippen molar-refractivity contribution >= 4 is 24.0 Å². The van der Waals surface area contributed by atoms with E-state index in [1.165, 1.54) is 11.0 Å². The van der Waals surface area contributed by atoms with E-state index >= 15 is 0 Å². The van der Waals surface area contributed by atoms with Gasteiger partial charge in [-0.1, -0.05) is 50.1 Å². The molecule has 2 atom stereocenters. The molecule has 2 heterocycles. The fraction of sp³-hybridized carbons (Fsp3) is 0.440. The van der Waals surface area contributed by atoms with E-state index in [9.17, 15) is 24.0 Å². The van der Waals surface area contributed by atoms with Gasteiger partial charge in [0.15, 0.2) is 5.82 Å². The van der Waals surface area contributed by atoms with Crippen LogP contribution >= 0.6 is 0 Å². The third-order valence-electron chi connectivity index (χ3n) is 5.98. The third kappa shape index (κ3) is 7.22. The van der Waals surface area contributed by atoms with Crippen molar-refractivity contribution in [3.8, 4) is 0 Å². The van der Waals surface area contributed by atoms with Crippen molar-refractivity contribution < 1.29 is 28.3 Å². The molecule has 1 aromatic heterocycles. The number of hydroxylamine groups is 2. The van der Waals surface area contributed by atoms with E-state index < -0.39 is 23.7 Å². The smallest absolute Gasteiger partial charge is 0.330 e. The normalized spacial score (nSPS) is 16.1. The van der Waals surface area contributed by atoms with Crippen molar-refractivity contribution in [1.82, 2.24) is 9.96 Å². The number of anilines is 1. The molecule has 1 fully saturated rings. The van der Waals surface area contributed by atoms with E-state index in [2.05, 4.69) is 5.32 Å². The minimum atomic E-state index is -0.758. The van der Waals surface area contributed by atoms with Gasteiger partial charge < -0.3 is 10.1 Å². The molecule has 188 valence electrons. The van der Waals surface area contributed by atoms with Crippen LogP contribution in [-0.4, -0.2) is 47.3 Å². The molecule has 9 nitrogen and oxygen atoms in total. The molecule has 0 spiro atoms. The number of unbranched alkanes of at least 4 members (excludes halogenated alkanes) is 1. The van der Waals surface area contributed by atoms with Crippen molar-refractivity contribution in [3.05, 3.63) is 65.2 Å². The number of pyridine rings is 1. The van der Waals surface area contributed by atoms with Gasteiger partial charge in [0.1, 0.15) is 18.8 Å². The summed E-state index contributed by atoms with van der Waals surface area (Å²) >= 11 is 0.